The number of para-hydroxylation sites is 1. The average Bonchev–Trinajstić information content (AvgIpc) is 3.21. The third kappa shape index (κ3) is 3.62. The second-order valence-electron chi connectivity index (χ2n) is 7.20. The number of nitrogens with one attached hydrogen (secondary N) is 1. The maximum absolute atomic E-state index is 12.9. The van der Waals surface area contributed by atoms with Gasteiger partial charge in [-0.05, 0) is 17.7 Å². The Morgan fingerprint density at radius 1 is 0.933 bits per heavy atom. The molecule has 2 aromatic carbocycles. The number of rotatable bonds is 5. The predicted molar refractivity (Wildman–Crippen MR) is 115 cm³/mol. The van der Waals surface area contributed by atoms with Gasteiger partial charge >= 0.3 is 0 Å². The van der Waals surface area contributed by atoms with Gasteiger partial charge in [-0.2, -0.15) is 4.31 Å². The van der Waals surface area contributed by atoms with E-state index in [4.69, 9.17) is 0 Å². The quantitative estimate of drug-likeness (QED) is 0.534. The molecule has 150 valence electrons. The van der Waals surface area contributed by atoms with E-state index >= 15 is 0 Å². The molecule has 0 saturated heterocycles. The molecule has 8 heteroatoms. The number of hydrogen-bond acceptors (Lipinski definition) is 6. The van der Waals surface area contributed by atoms with Crippen molar-refractivity contribution in [2.45, 2.75) is 18.8 Å². The zero-order chi connectivity index (χ0) is 20.6. The van der Waals surface area contributed by atoms with E-state index in [9.17, 15) is 8.42 Å². The van der Waals surface area contributed by atoms with Crippen LogP contribution < -0.4 is 5.32 Å². The van der Waals surface area contributed by atoms with Gasteiger partial charge in [-0.25, -0.2) is 18.4 Å². The van der Waals surface area contributed by atoms with Crippen LogP contribution in [0.3, 0.4) is 0 Å². The highest BCUT2D eigenvalue weighted by Crippen LogP contribution is 2.31. The summed E-state index contributed by atoms with van der Waals surface area (Å²) < 4.78 is 27.3. The minimum Gasteiger partial charge on any atom is -0.339 e. The Labute approximate surface area is 174 Å². The monoisotopic (exact) mass is 417 g/mol. The van der Waals surface area contributed by atoms with Crippen molar-refractivity contribution in [3.05, 3.63) is 90.0 Å². The largest absolute Gasteiger partial charge is 0.339 e. The van der Waals surface area contributed by atoms with E-state index in [0.717, 1.165) is 33.4 Å². The van der Waals surface area contributed by atoms with Crippen LogP contribution in [0.2, 0.25) is 0 Å². The second kappa shape index (κ2) is 7.47. The van der Waals surface area contributed by atoms with Crippen molar-refractivity contribution in [3.63, 3.8) is 0 Å². The molecule has 30 heavy (non-hydrogen) atoms. The Morgan fingerprint density at radius 3 is 2.60 bits per heavy atom. The second-order valence-corrected chi connectivity index (χ2v) is 9.17. The van der Waals surface area contributed by atoms with Crippen LogP contribution in [0.1, 0.15) is 16.8 Å². The first-order valence-electron chi connectivity index (χ1n) is 9.55. The molecular formula is C22H19N5O2S. The molecule has 0 aliphatic carbocycles. The molecule has 4 aromatic rings. The van der Waals surface area contributed by atoms with Crippen LogP contribution in [0.15, 0.2) is 73.2 Å². The van der Waals surface area contributed by atoms with Crippen LogP contribution in [0, 0.1) is 0 Å². The molecular weight excluding hydrogens is 398 g/mol. The maximum atomic E-state index is 12.9. The van der Waals surface area contributed by atoms with Crippen LogP contribution >= 0.6 is 0 Å². The van der Waals surface area contributed by atoms with E-state index in [-0.39, 0.29) is 18.8 Å². The minimum absolute atomic E-state index is 0.0351. The van der Waals surface area contributed by atoms with Gasteiger partial charge in [0.15, 0.2) is 0 Å². The summed E-state index contributed by atoms with van der Waals surface area (Å²) in [5.74, 6) is 0.571. The standard InChI is InChI=1S/C22H19N5O2S/c28-30(29,14-16-6-2-1-3-7-16)27-12-19-21(13-27)24-15-25-22(19)26-18-10-17-8-4-5-9-20(17)23-11-18/h1-11,15H,12-14H2,(H,24,25,26). The lowest BCUT2D eigenvalue weighted by atomic mass is 10.2. The summed E-state index contributed by atoms with van der Waals surface area (Å²) in [6, 6.07) is 19.1. The Morgan fingerprint density at radius 2 is 1.73 bits per heavy atom. The van der Waals surface area contributed by atoms with Gasteiger partial charge in [0.1, 0.15) is 12.1 Å². The highest BCUT2D eigenvalue weighted by Gasteiger charge is 2.32. The van der Waals surface area contributed by atoms with Crippen LogP contribution in [0.5, 0.6) is 0 Å². The third-order valence-electron chi connectivity index (χ3n) is 5.13. The number of benzene rings is 2. The SMILES string of the molecule is O=S(=O)(Cc1ccccc1)N1Cc2ncnc(Nc3cnc4ccccc4c3)c2C1. The molecule has 0 fully saturated rings. The van der Waals surface area contributed by atoms with E-state index in [1.165, 1.54) is 10.6 Å². The first-order valence-corrected chi connectivity index (χ1v) is 11.2. The topological polar surface area (TPSA) is 88.1 Å². The Bertz CT molecular complexity index is 1330. The zero-order valence-electron chi connectivity index (χ0n) is 16.1. The highest BCUT2D eigenvalue weighted by atomic mass is 32.2. The van der Waals surface area contributed by atoms with E-state index in [2.05, 4.69) is 20.3 Å². The minimum atomic E-state index is -3.47. The van der Waals surface area contributed by atoms with Crippen molar-refractivity contribution < 1.29 is 8.42 Å². The smallest absolute Gasteiger partial charge is 0.218 e. The first kappa shape index (κ1) is 18.7. The van der Waals surface area contributed by atoms with Crippen molar-refractivity contribution in [1.82, 2.24) is 19.3 Å². The summed E-state index contributed by atoms with van der Waals surface area (Å²) >= 11 is 0. The van der Waals surface area contributed by atoms with Gasteiger partial charge in [0.25, 0.3) is 0 Å². The number of anilines is 2. The molecule has 0 unspecified atom stereocenters. The summed E-state index contributed by atoms with van der Waals surface area (Å²) in [7, 11) is -3.47. The van der Waals surface area contributed by atoms with Gasteiger partial charge in [-0.15, -0.1) is 0 Å². The van der Waals surface area contributed by atoms with E-state index in [1.807, 2.05) is 60.7 Å². The number of hydrogen-bond donors (Lipinski definition) is 1. The molecule has 0 radical (unpaired) electrons. The predicted octanol–water partition coefficient (Wildman–Crippen LogP) is 3.61. The molecule has 0 atom stereocenters. The van der Waals surface area contributed by atoms with Crippen LogP contribution in [0.25, 0.3) is 10.9 Å². The fourth-order valence-corrected chi connectivity index (χ4v) is 5.05. The third-order valence-corrected chi connectivity index (χ3v) is 6.88. The number of nitrogens with zero attached hydrogens (tertiary/aromatic N) is 4. The molecule has 3 heterocycles. The number of pyridine rings is 1. The van der Waals surface area contributed by atoms with Crippen LogP contribution in [-0.2, 0) is 28.9 Å². The fraction of sp³-hybridized carbons (Fsp3) is 0.136. The molecule has 0 bridgehead atoms. The lowest BCUT2D eigenvalue weighted by molar-refractivity contribution is 0.429. The van der Waals surface area contributed by atoms with Crippen molar-refractivity contribution in [2.75, 3.05) is 5.32 Å². The van der Waals surface area contributed by atoms with E-state index in [1.54, 1.807) is 6.20 Å². The molecule has 0 amide bonds. The van der Waals surface area contributed by atoms with Crippen LogP contribution in [0.4, 0.5) is 11.5 Å². The molecule has 7 nitrogen and oxygen atoms in total. The molecule has 1 aliphatic heterocycles. The Balaban J connectivity index is 1.39. The molecule has 2 aromatic heterocycles. The molecule has 5 rings (SSSR count). The van der Waals surface area contributed by atoms with Crippen molar-refractivity contribution in [3.8, 4) is 0 Å². The number of fused-ring (bicyclic) bond motifs is 2. The van der Waals surface area contributed by atoms with Gasteiger partial charge in [-0.1, -0.05) is 48.5 Å². The normalized spacial score (nSPS) is 14.0. The average molecular weight is 417 g/mol. The molecule has 0 saturated carbocycles. The van der Waals surface area contributed by atoms with Gasteiger partial charge in [-0.3, -0.25) is 4.98 Å². The van der Waals surface area contributed by atoms with Gasteiger partial charge in [0.05, 0.1) is 35.4 Å². The fourth-order valence-electron chi connectivity index (χ4n) is 3.61. The van der Waals surface area contributed by atoms with Crippen molar-refractivity contribution in [2.24, 2.45) is 0 Å². The van der Waals surface area contributed by atoms with E-state index < -0.39 is 10.0 Å². The highest BCUT2D eigenvalue weighted by molar-refractivity contribution is 7.88. The van der Waals surface area contributed by atoms with Gasteiger partial charge < -0.3 is 5.32 Å². The lowest BCUT2D eigenvalue weighted by Gasteiger charge is -2.15. The van der Waals surface area contributed by atoms with Crippen molar-refractivity contribution >= 4 is 32.4 Å². The number of aromatic nitrogens is 3. The molecule has 1 N–H and O–H groups in total. The Kier molecular flexibility index (Phi) is 4.65. The molecule has 0 spiro atoms. The zero-order valence-corrected chi connectivity index (χ0v) is 16.9. The van der Waals surface area contributed by atoms with Gasteiger partial charge in [0, 0.05) is 17.5 Å². The number of sulfonamides is 1. The van der Waals surface area contributed by atoms with Crippen LogP contribution in [-0.4, -0.2) is 27.7 Å². The van der Waals surface area contributed by atoms with Gasteiger partial charge in [0.2, 0.25) is 10.0 Å². The molecule has 1 aliphatic rings. The van der Waals surface area contributed by atoms with E-state index in [0.29, 0.717) is 5.82 Å². The lowest BCUT2D eigenvalue weighted by Crippen LogP contribution is -2.27. The van der Waals surface area contributed by atoms with Crippen molar-refractivity contribution in [1.29, 1.82) is 0 Å². The summed E-state index contributed by atoms with van der Waals surface area (Å²) in [6.07, 6.45) is 3.21. The Hall–Kier alpha value is -3.36. The summed E-state index contributed by atoms with van der Waals surface area (Å²) in [4.78, 5) is 13.1. The summed E-state index contributed by atoms with van der Waals surface area (Å²) in [5, 5.41) is 4.30. The maximum Gasteiger partial charge on any atom is 0.218 e. The summed E-state index contributed by atoms with van der Waals surface area (Å²) in [6.45, 7) is 0.492. The first-order chi connectivity index (χ1) is 14.6. The summed E-state index contributed by atoms with van der Waals surface area (Å²) in [5.41, 5.74) is 3.98.